The highest BCUT2D eigenvalue weighted by Gasteiger charge is 2.41. The minimum Gasteiger partial charge on any atom is -0.329 e. The van der Waals surface area contributed by atoms with Crippen LogP contribution in [0.15, 0.2) is 0 Å². The fourth-order valence-corrected chi connectivity index (χ4v) is 4.15. The first-order valence-electron chi connectivity index (χ1n) is 8.46. The maximum atomic E-state index is 6.21. The predicted molar refractivity (Wildman–Crippen MR) is 83.2 cm³/mol. The van der Waals surface area contributed by atoms with Crippen molar-refractivity contribution in [2.45, 2.75) is 77.7 Å². The summed E-state index contributed by atoms with van der Waals surface area (Å²) in [6, 6.07) is 0. The van der Waals surface area contributed by atoms with Gasteiger partial charge in [0.15, 0.2) is 0 Å². The van der Waals surface area contributed by atoms with Crippen molar-refractivity contribution in [1.82, 2.24) is 4.90 Å². The second-order valence-electron chi connectivity index (χ2n) is 7.81. The van der Waals surface area contributed by atoms with E-state index in [9.17, 15) is 0 Å². The zero-order valence-electron chi connectivity index (χ0n) is 13.4. The van der Waals surface area contributed by atoms with E-state index in [1.54, 1.807) is 0 Å². The molecule has 0 spiro atoms. The lowest BCUT2D eigenvalue weighted by molar-refractivity contribution is -0.000641. The Morgan fingerprint density at radius 2 is 1.63 bits per heavy atom. The van der Waals surface area contributed by atoms with Crippen molar-refractivity contribution in [3.8, 4) is 0 Å². The van der Waals surface area contributed by atoms with Crippen molar-refractivity contribution in [3.05, 3.63) is 0 Å². The van der Waals surface area contributed by atoms with Gasteiger partial charge in [-0.2, -0.15) is 0 Å². The van der Waals surface area contributed by atoms with Gasteiger partial charge >= 0.3 is 0 Å². The number of likely N-dealkylation sites (tertiary alicyclic amines) is 1. The standard InChI is InChI=1S/C17H34N2/c1-4-5-15-6-8-17(14-18,9-7-15)19-12-10-16(2,3)11-13-19/h15H,4-14,18H2,1-3H3. The molecule has 0 aromatic rings. The van der Waals surface area contributed by atoms with E-state index in [0.29, 0.717) is 11.0 Å². The quantitative estimate of drug-likeness (QED) is 0.838. The third kappa shape index (κ3) is 3.52. The van der Waals surface area contributed by atoms with Gasteiger partial charge in [0.05, 0.1) is 0 Å². The number of piperidine rings is 1. The molecule has 2 N–H and O–H groups in total. The molecule has 112 valence electrons. The highest BCUT2D eigenvalue weighted by molar-refractivity contribution is 4.98. The monoisotopic (exact) mass is 266 g/mol. The third-order valence-corrected chi connectivity index (χ3v) is 5.90. The van der Waals surface area contributed by atoms with Crippen LogP contribution in [0, 0.1) is 11.3 Å². The van der Waals surface area contributed by atoms with E-state index in [1.165, 1.54) is 64.5 Å². The maximum absolute atomic E-state index is 6.21. The molecule has 0 radical (unpaired) electrons. The summed E-state index contributed by atoms with van der Waals surface area (Å²) in [5.41, 5.74) is 7.11. The van der Waals surface area contributed by atoms with E-state index >= 15 is 0 Å². The summed E-state index contributed by atoms with van der Waals surface area (Å²) >= 11 is 0. The topological polar surface area (TPSA) is 29.3 Å². The molecule has 19 heavy (non-hydrogen) atoms. The number of rotatable bonds is 4. The van der Waals surface area contributed by atoms with Crippen LogP contribution < -0.4 is 5.73 Å². The number of nitrogens with zero attached hydrogens (tertiary/aromatic N) is 1. The summed E-state index contributed by atoms with van der Waals surface area (Å²) < 4.78 is 0. The Kier molecular flexibility index (Phi) is 4.94. The van der Waals surface area contributed by atoms with Crippen molar-refractivity contribution in [1.29, 1.82) is 0 Å². The van der Waals surface area contributed by atoms with E-state index in [1.807, 2.05) is 0 Å². The van der Waals surface area contributed by atoms with Crippen LogP contribution in [0.1, 0.15) is 72.1 Å². The van der Waals surface area contributed by atoms with Crippen molar-refractivity contribution >= 4 is 0 Å². The zero-order chi connectivity index (χ0) is 13.9. The van der Waals surface area contributed by atoms with Crippen LogP contribution in [-0.2, 0) is 0 Å². The molecule has 1 heterocycles. The minimum atomic E-state index is 0.348. The first kappa shape index (κ1) is 15.3. The molecule has 2 nitrogen and oxygen atoms in total. The minimum absolute atomic E-state index is 0.348. The van der Waals surface area contributed by atoms with Crippen LogP contribution in [0.5, 0.6) is 0 Å². The van der Waals surface area contributed by atoms with Crippen LogP contribution >= 0.6 is 0 Å². The van der Waals surface area contributed by atoms with Gasteiger partial charge in [0, 0.05) is 12.1 Å². The van der Waals surface area contributed by atoms with Gasteiger partial charge in [-0.05, 0) is 62.9 Å². The van der Waals surface area contributed by atoms with Crippen LogP contribution in [-0.4, -0.2) is 30.1 Å². The Labute approximate surface area is 120 Å². The first-order valence-corrected chi connectivity index (χ1v) is 8.46. The van der Waals surface area contributed by atoms with Gasteiger partial charge in [-0.25, -0.2) is 0 Å². The lowest BCUT2D eigenvalue weighted by Gasteiger charge is -2.51. The van der Waals surface area contributed by atoms with E-state index in [0.717, 1.165) is 12.5 Å². The number of hydrogen-bond acceptors (Lipinski definition) is 2. The fourth-order valence-electron chi connectivity index (χ4n) is 4.15. The molecule has 1 saturated carbocycles. The van der Waals surface area contributed by atoms with E-state index < -0.39 is 0 Å². The molecule has 0 bridgehead atoms. The van der Waals surface area contributed by atoms with Crippen molar-refractivity contribution in [2.24, 2.45) is 17.1 Å². The Bertz CT molecular complexity index is 267. The maximum Gasteiger partial charge on any atom is 0.0331 e. The van der Waals surface area contributed by atoms with Gasteiger partial charge in [-0.15, -0.1) is 0 Å². The average Bonchev–Trinajstić information content (AvgIpc) is 2.40. The van der Waals surface area contributed by atoms with Crippen LogP contribution in [0.4, 0.5) is 0 Å². The Morgan fingerprint density at radius 1 is 1.05 bits per heavy atom. The smallest absolute Gasteiger partial charge is 0.0331 e. The van der Waals surface area contributed by atoms with Crippen LogP contribution in [0.3, 0.4) is 0 Å². The summed E-state index contributed by atoms with van der Waals surface area (Å²) in [4.78, 5) is 2.75. The molecule has 2 aliphatic rings. The summed E-state index contributed by atoms with van der Waals surface area (Å²) in [5.74, 6) is 0.978. The van der Waals surface area contributed by atoms with Gasteiger partial charge in [0.1, 0.15) is 0 Å². The molecule has 0 aromatic heterocycles. The van der Waals surface area contributed by atoms with Gasteiger partial charge < -0.3 is 5.73 Å². The molecule has 1 saturated heterocycles. The molecule has 0 aromatic carbocycles. The van der Waals surface area contributed by atoms with E-state index in [4.69, 9.17) is 5.73 Å². The Hall–Kier alpha value is -0.0800. The molecule has 1 aliphatic carbocycles. The van der Waals surface area contributed by atoms with Crippen molar-refractivity contribution in [2.75, 3.05) is 19.6 Å². The molecule has 2 rings (SSSR count). The fraction of sp³-hybridized carbons (Fsp3) is 1.00. The lowest BCUT2D eigenvalue weighted by Crippen LogP contribution is -2.58. The van der Waals surface area contributed by atoms with Gasteiger partial charge in [0.2, 0.25) is 0 Å². The second kappa shape index (κ2) is 6.13. The predicted octanol–water partition coefficient (Wildman–Crippen LogP) is 3.80. The van der Waals surface area contributed by atoms with Crippen molar-refractivity contribution in [3.63, 3.8) is 0 Å². The van der Waals surface area contributed by atoms with Gasteiger partial charge in [-0.1, -0.05) is 33.6 Å². The third-order valence-electron chi connectivity index (χ3n) is 5.90. The van der Waals surface area contributed by atoms with Gasteiger partial charge in [0.25, 0.3) is 0 Å². The number of nitrogens with two attached hydrogens (primary N) is 1. The molecular weight excluding hydrogens is 232 g/mol. The highest BCUT2D eigenvalue weighted by Crippen LogP contribution is 2.41. The second-order valence-corrected chi connectivity index (χ2v) is 7.81. The molecule has 0 atom stereocenters. The lowest BCUT2D eigenvalue weighted by atomic mass is 9.72. The van der Waals surface area contributed by atoms with Crippen LogP contribution in [0.2, 0.25) is 0 Å². The summed E-state index contributed by atoms with van der Waals surface area (Å²) in [6.07, 6.45) is 10.9. The summed E-state index contributed by atoms with van der Waals surface area (Å²) in [6.45, 7) is 10.5. The Morgan fingerprint density at radius 3 is 2.11 bits per heavy atom. The SMILES string of the molecule is CCCC1CCC(CN)(N2CCC(C)(C)CC2)CC1. The molecule has 0 amide bonds. The Balaban J connectivity index is 1.93. The van der Waals surface area contributed by atoms with Crippen LogP contribution in [0.25, 0.3) is 0 Å². The number of hydrogen-bond donors (Lipinski definition) is 1. The first-order chi connectivity index (χ1) is 9.01. The molecule has 1 aliphatic heterocycles. The summed E-state index contributed by atoms with van der Waals surface area (Å²) in [5, 5.41) is 0. The molecule has 2 fully saturated rings. The normalized spacial score (nSPS) is 36.3. The van der Waals surface area contributed by atoms with E-state index in [-0.39, 0.29) is 0 Å². The molecule has 2 heteroatoms. The molecule has 0 unspecified atom stereocenters. The van der Waals surface area contributed by atoms with E-state index in [2.05, 4.69) is 25.7 Å². The average molecular weight is 266 g/mol. The zero-order valence-corrected chi connectivity index (χ0v) is 13.4. The highest BCUT2D eigenvalue weighted by atomic mass is 15.2. The largest absolute Gasteiger partial charge is 0.329 e. The van der Waals surface area contributed by atoms with Crippen molar-refractivity contribution < 1.29 is 0 Å². The van der Waals surface area contributed by atoms with Gasteiger partial charge in [-0.3, -0.25) is 4.90 Å². The molecular formula is C17H34N2. The summed E-state index contributed by atoms with van der Waals surface area (Å²) in [7, 11) is 0.